The Hall–Kier alpha value is -2.94. The number of aryl methyl sites for hydroxylation is 1. The van der Waals surface area contributed by atoms with E-state index in [9.17, 15) is 4.79 Å². The normalized spacial score (nSPS) is 25.3. The number of fused-ring (bicyclic) bond motifs is 2. The van der Waals surface area contributed by atoms with Gasteiger partial charge in [-0.15, -0.1) is 0 Å². The summed E-state index contributed by atoms with van der Waals surface area (Å²) in [5, 5.41) is 10.3. The Balaban J connectivity index is 1.38. The zero-order valence-corrected chi connectivity index (χ0v) is 21.1. The van der Waals surface area contributed by atoms with Crippen LogP contribution in [0, 0.1) is 30.1 Å². The number of primary amides is 1. The zero-order valence-electron chi connectivity index (χ0n) is 21.1. The lowest BCUT2D eigenvalue weighted by molar-refractivity contribution is -0.100. The number of nitrogens with one attached hydrogen (secondary N) is 3. The van der Waals surface area contributed by atoms with Gasteiger partial charge in [-0.1, -0.05) is 19.9 Å². The maximum atomic E-state index is 11.8. The molecule has 5 N–H and O–H groups in total. The summed E-state index contributed by atoms with van der Waals surface area (Å²) in [6.07, 6.45) is 4.98. The van der Waals surface area contributed by atoms with Crippen LogP contribution in [0.2, 0.25) is 0 Å². The first-order valence-corrected chi connectivity index (χ1v) is 12.9. The zero-order chi connectivity index (χ0) is 24.6. The van der Waals surface area contributed by atoms with Crippen LogP contribution in [-0.2, 0) is 0 Å². The van der Waals surface area contributed by atoms with Crippen molar-refractivity contribution in [3.8, 4) is 0 Å². The fourth-order valence-electron chi connectivity index (χ4n) is 6.21. The molecular formula is C26H38N8O. The van der Waals surface area contributed by atoms with Crippen LogP contribution >= 0.6 is 0 Å². The van der Waals surface area contributed by atoms with Gasteiger partial charge in [-0.05, 0) is 80.0 Å². The summed E-state index contributed by atoms with van der Waals surface area (Å²) in [4.78, 5) is 28.3. The molecule has 2 aromatic rings. The second-order valence-corrected chi connectivity index (χ2v) is 11.0. The molecule has 2 heterocycles. The van der Waals surface area contributed by atoms with E-state index in [1.54, 1.807) is 6.07 Å². The van der Waals surface area contributed by atoms with Crippen molar-refractivity contribution in [1.29, 1.82) is 0 Å². The molecule has 3 atom stereocenters. The Morgan fingerprint density at radius 2 is 2.00 bits per heavy atom. The number of nitrogens with zero attached hydrogens (tertiary/aromatic N) is 4. The summed E-state index contributed by atoms with van der Waals surface area (Å²) >= 11 is 0. The molecule has 0 spiro atoms. The number of nitrogens with two attached hydrogens (primary N) is 1. The molecule has 4 aliphatic rings. The highest BCUT2D eigenvalue weighted by Gasteiger charge is 2.53. The van der Waals surface area contributed by atoms with E-state index in [0.29, 0.717) is 34.7 Å². The van der Waals surface area contributed by atoms with Gasteiger partial charge in [0.05, 0.1) is 0 Å². The van der Waals surface area contributed by atoms with Crippen molar-refractivity contribution >= 4 is 29.4 Å². The third-order valence-electron chi connectivity index (χ3n) is 8.53. The molecule has 1 aliphatic heterocycles. The molecule has 4 fully saturated rings. The van der Waals surface area contributed by atoms with Crippen LogP contribution in [0.4, 0.5) is 23.5 Å². The Kier molecular flexibility index (Phi) is 6.53. The van der Waals surface area contributed by atoms with E-state index in [2.05, 4.69) is 34.7 Å². The quantitative estimate of drug-likeness (QED) is 0.478. The largest absolute Gasteiger partial charge is 0.366 e. The first-order chi connectivity index (χ1) is 16.8. The van der Waals surface area contributed by atoms with Crippen LogP contribution in [0.15, 0.2) is 18.2 Å². The van der Waals surface area contributed by atoms with Crippen molar-refractivity contribution in [2.45, 2.75) is 46.5 Å². The van der Waals surface area contributed by atoms with Gasteiger partial charge in [-0.2, -0.15) is 15.0 Å². The summed E-state index contributed by atoms with van der Waals surface area (Å²) in [5.41, 5.74) is 8.05. The second-order valence-electron chi connectivity index (χ2n) is 11.0. The molecule has 35 heavy (non-hydrogen) atoms. The van der Waals surface area contributed by atoms with Crippen LogP contribution in [-0.4, -0.2) is 53.6 Å². The van der Waals surface area contributed by atoms with E-state index in [1.807, 2.05) is 19.1 Å². The molecule has 1 amide bonds. The summed E-state index contributed by atoms with van der Waals surface area (Å²) < 4.78 is 0. The Morgan fingerprint density at radius 3 is 2.77 bits per heavy atom. The molecule has 3 aliphatic carbocycles. The number of aromatic nitrogens is 3. The first kappa shape index (κ1) is 23.8. The van der Waals surface area contributed by atoms with Gasteiger partial charge in [0.15, 0.2) is 0 Å². The highest BCUT2D eigenvalue weighted by Crippen LogP contribution is 2.61. The summed E-state index contributed by atoms with van der Waals surface area (Å²) in [5.74, 6) is 3.57. The van der Waals surface area contributed by atoms with E-state index in [0.717, 1.165) is 62.2 Å². The average Bonchev–Trinajstić information content (AvgIpc) is 3.13. The molecule has 1 unspecified atom stereocenters. The number of benzene rings is 1. The Labute approximate surface area is 207 Å². The third-order valence-corrected chi connectivity index (χ3v) is 8.53. The lowest BCUT2D eigenvalue weighted by Crippen LogP contribution is -2.53. The SMILES string of the molecule is Cc1ccc(Nc2nc(NC[C@@H]3CCC4C[C@@H]3C4(C)C)nc(N3CCCNCC3)n2)cc1C(N)=O. The van der Waals surface area contributed by atoms with Crippen LogP contribution in [0.1, 0.15) is 55.5 Å². The summed E-state index contributed by atoms with van der Waals surface area (Å²) in [6.45, 7) is 11.2. The van der Waals surface area contributed by atoms with Crippen molar-refractivity contribution in [3.63, 3.8) is 0 Å². The number of carbonyl (C=O) groups is 1. The predicted molar refractivity (Wildman–Crippen MR) is 139 cm³/mol. The number of anilines is 4. The van der Waals surface area contributed by atoms with Gasteiger partial charge in [0.25, 0.3) is 0 Å². The number of hydrogen-bond donors (Lipinski definition) is 4. The summed E-state index contributed by atoms with van der Waals surface area (Å²) in [7, 11) is 0. The number of amides is 1. The van der Waals surface area contributed by atoms with Crippen LogP contribution in [0.25, 0.3) is 0 Å². The summed E-state index contributed by atoms with van der Waals surface area (Å²) in [6, 6.07) is 5.54. The van der Waals surface area contributed by atoms with E-state index in [4.69, 9.17) is 20.7 Å². The lowest BCUT2D eigenvalue weighted by atomic mass is 9.45. The molecular weight excluding hydrogens is 440 g/mol. The Morgan fingerprint density at radius 1 is 1.17 bits per heavy atom. The van der Waals surface area contributed by atoms with Crippen LogP contribution in [0.5, 0.6) is 0 Å². The number of hydrogen-bond acceptors (Lipinski definition) is 8. The average molecular weight is 479 g/mol. The minimum absolute atomic E-state index is 0.449. The molecule has 9 heteroatoms. The van der Waals surface area contributed by atoms with Gasteiger partial charge in [0.1, 0.15) is 0 Å². The van der Waals surface area contributed by atoms with Crippen molar-refractivity contribution in [2.24, 2.45) is 28.9 Å². The van der Waals surface area contributed by atoms with Gasteiger partial charge >= 0.3 is 0 Å². The molecule has 1 saturated heterocycles. The molecule has 0 radical (unpaired) electrons. The van der Waals surface area contributed by atoms with Crippen LogP contribution in [0.3, 0.4) is 0 Å². The highest BCUT2D eigenvalue weighted by molar-refractivity contribution is 5.95. The minimum atomic E-state index is -0.449. The smallest absolute Gasteiger partial charge is 0.249 e. The maximum Gasteiger partial charge on any atom is 0.249 e. The molecule has 6 rings (SSSR count). The Bertz CT molecular complexity index is 1080. The van der Waals surface area contributed by atoms with E-state index in [1.165, 1.54) is 19.3 Å². The maximum absolute atomic E-state index is 11.8. The number of carbonyl (C=O) groups excluding carboxylic acids is 1. The number of rotatable bonds is 7. The molecule has 9 nitrogen and oxygen atoms in total. The van der Waals surface area contributed by atoms with Crippen molar-refractivity contribution in [1.82, 2.24) is 20.3 Å². The second kappa shape index (κ2) is 9.60. The van der Waals surface area contributed by atoms with Gasteiger partial charge in [0.2, 0.25) is 23.8 Å². The standard InChI is InChI=1S/C26H38N8O/c1-16-5-8-19(14-20(16)22(27)35)30-24-31-23(32-25(33-24)34-11-4-9-28-10-12-34)29-15-17-6-7-18-13-21(17)26(18,2)3/h5,8,14,17-18,21,28H,4,6-7,9-13,15H2,1-3H3,(H2,27,35)(H2,29,30,31,32,33)/t17-,18?,21-/m0/s1. The van der Waals surface area contributed by atoms with E-state index < -0.39 is 5.91 Å². The fourth-order valence-corrected chi connectivity index (χ4v) is 6.21. The van der Waals surface area contributed by atoms with Crippen molar-refractivity contribution in [3.05, 3.63) is 29.3 Å². The molecule has 1 aromatic heterocycles. The van der Waals surface area contributed by atoms with Gasteiger partial charge in [-0.25, -0.2) is 0 Å². The lowest BCUT2D eigenvalue weighted by Gasteiger charge is -2.60. The van der Waals surface area contributed by atoms with Crippen molar-refractivity contribution in [2.75, 3.05) is 48.3 Å². The monoisotopic (exact) mass is 478 g/mol. The van der Waals surface area contributed by atoms with E-state index >= 15 is 0 Å². The predicted octanol–water partition coefficient (Wildman–Crippen LogP) is 3.31. The van der Waals surface area contributed by atoms with Gasteiger partial charge < -0.3 is 26.6 Å². The van der Waals surface area contributed by atoms with Crippen LogP contribution < -0.4 is 26.6 Å². The minimum Gasteiger partial charge on any atom is -0.366 e. The fraction of sp³-hybridized carbons (Fsp3) is 0.615. The van der Waals surface area contributed by atoms with Gasteiger partial charge in [0, 0.05) is 37.4 Å². The molecule has 188 valence electrons. The molecule has 1 aromatic carbocycles. The molecule has 2 bridgehead atoms. The first-order valence-electron chi connectivity index (χ1n) is 12.9. The topological polar surface area (TPSA) is 121 Å². The van der Waals surface area contributed by atoms with E-state index in [-0.39, 0.29) is 0 Å². The van der Waals surface area contributed by atoms with Crippen molar-refractivity contribution < 1.29 is 4.79 Å². The highest BCUT2D eigenvalue weighted by atomic mass is 16.1. The van der Waals surface area contributed by atoms with Gasteiger partial charge in [-0.3, -0.25) is 4.79 Å². The third kappa shape index (κ3) is 4.91. The molecule has 3 saturated carbocycles.